The second-order valence-corrected chi connectivity index (χ2v) is 7.71. The number of hydrogen-bond acceptors (Lipinski definition) is 4. The van der Waals surface area contributed by atoms with Gasteiger partial charge in [-0.2, -0.15) is 0 Å². The summed E-state index contributed by atoms with van der Waals surface area (Å²) >= 11 is 1.66. The molecule has 3 N–H and O–H groups in total. The van der Waals surface area contributed by atoms with E-state index in [-0.39, 0.29) is 35.4 Å². The van der Waals surface area contributed by atoms with Gasteiger partial charge in [-0.3, -0.25) is 0 Å². The van der Waals surface area contributed by atoms with Gasteiger partial charge in [0.2, 0.25) is 10.0 Å². The highest BCUT2D eigenvalue weighted by atomic mass is 127. The van der Waals surface area contributed by atoms with E-state index in [0.717, 1.165) is 6.54 Å². The van der Waals surface area contributed by atoms with Crippen molar-refractivity contribution in [1.29, 1.82) is 0 Å². The van der Waals surface area contributed by atoms with Crippen molar-refractivity contribution in [1.82, 2.24) is 15.4 Å². The van der Waals surface area contributed by atoms with E-state index in [0.29, 0.717) is 19.0 Å². The van der Waals surface area contributed by atoms with E-state index in [9.17, 15) is 8.42 Å². The average molecular weight is 494 g/mol. The van der Waals surface area contributed by atoms with Crippen LogP contribution in [-0.2, 0) is 16.6 Å². The molecule has 2 aromatic rings. The molecule has 0 saturated carbocycles. The third kappa shape index (κ3) is 7.72. The number of nitrogens with one attached hydrogen (secondary N) is 3. The molecule has 0 bridgehead atoms. The summed E-state index contributed by atoms with van der Waals surface area (Å²) in [5.74, 6) is 0.671. The SMILES string of the molecule is CCNC(=NCc1cccs1)NCCNS(=O)(=O)c1ccccc1.I. The maximum absolute atomic E-state index is 12.1. The van der Waals surface area contributed by atoms with Crippen LogP contribution in [0.3, 0.4) is 0 Å². The molecule has 0 spiro atoms. The van der Waals surface area contributed by atoms with Crippen molar-refractivity contribution in [3.63, 3.8) is 0 Å². The molecule has 0 amide bonds. The molecular formula is C16H23IN4O2S2. The molecule has 0 fully saturated rings. The lowest BCUT2D eigenvalue weighted by atomic mass is 10.4. The molecule has 2 rings (SSSR count). The van der Waals surface area contributed by atoms with Gasteiger partial charge in [-0.15, -0.1) is 35.3 Å². The van der Waals surface area contributed by atoms with Gasteiger partial charge >= 0.3 is 0 Å². The summed E-state index contributed by atoms with van der Waals surface area (Å²) in [6, 6.07) is 12.4. The van der Waals surface area contributed by atoms with E-state index < -0.39 is 10.0 Å². The molecule has 0 unspecified atom stereocenters. The van der Waals surface area contributed by atoms with Gasteiger partial charge in [0.15, 0.2) is 5.96 Å². The Labute approximate surface area is 170 Å². The Bertz CT molecular complexity index is 735. The highest BCUT2D eigenvalue weighted by molar-refractivity contribution is 14.0. The van der Waals surface area contributed by atoms with Crippen LogP contribution in [0.4, 0.5) is 0 Å². The maximum Gasteiger partial charge on any atom is 0.240 e. The van der Waals surface area contributed by atoms with E-state index in [1.165, 1.54) is 4.88 Å². The number of rotatable bonds is 8. The van der Waals surface area contributed by atoms with Crippen LogP contribution in [0.2, 0.25) is 0 Å². The fourth-order valence-corrected chi connectivity index (χ4v) is 3.63. The summed E-state index contributed by atoms with van der Waals surface area (Å²) in [5, 5.41) is 8.28. The van der Waals surface area contributed by atoms with Crippen LogP contribution in [-0.4, -0.2) is 34.0 Å². The number of halogens is 1. The van der Waals surface area contributed by atoms with Gasteiger partial charge in [0, 0.05) is 24.5 Å². The molecule has 9 heteroatoms. The van der Waals surface area contributed by atoms with E-state index in [2.05, 4.69) is 20.3 Å². The van der Waals surface area contributed by atoms with Crippen molar-refractivity contribution in [2.45, 2.75) is 18.4 Å². The summed E-state index contributed by atoms with van der Waals surface area (Å²) in [6.45, 7) is 4.05. The molecule has 1 aromatic heterocycles. The standard InChI is InChI=1S/C16H22N4O2S2.HI/c1-2-17-16(19-13-14-7-6-12-23-14)18-10-11-20-24(21,22)15-8-4-3-5-9-15;/h3-9,12,20H,2,10-11,13H2,1H3,(H2,17,18,19);1H. The second kappa shape index (κ2) is 11.4. The van der Waals surface area contributed by atoms with Crippen molar-refractivity contribution in [2.75, 3.05) is 19.6 Å². The smallest absolute Gasteiger partial charge is 0.240 e. The Kier molecular flexibility index (Phi) is 10.0. The van der Waals surface area contributed by atoms with Gasteiger partial charge < -0.3 is 10.6 Å². The normalized spacial score (nSPS) is 11.6. The molecule has 0 aliphatic heterocycles. The Hall–Kier alpha value is -1.17. The van der Waals surface area contributed by atoms with Crippen LogP contribution in [0, 0.1) is 0 Å². The van der Waals surface area contributed by atoms with Crippen LogP contribution in [0.25, 0.3) is 0 Å². The summed E-state index contributed by atoms with van der Waals surface area (Å²) in [6.07, 6.45) is 0. The van der Waals surface area contributed by atoms with Crippen molar-refractivity contribution < 1.29 is 8.42 Å². The minimum atomic E-state index is -3.47. The number of guanidine groups is 1. The fraction of sp³-hybridized carbons (Fsp3) is 0.312. The molecule has 0 aliphatic rings. The van der Waals surface area contributed by atoms with Gasteiger partial charge in [0.1, 0.15) is 0 Å². The first-order valence-electron chi connectivity index (χ1n) is 7.71. The van der Waals surface area contributed by atoms with Crippen molar-refractivity contribution in [3.05, 3.63) is 52.7 Å². The van der Waals surface area contributed by atoms with E-state index in [1.807, 2.05) is 24.4 Å². The number of sulfonamides is 1. The van der Waals surface area contributed by atoms with Crippen LogP contribution >= 0.6 is 35.3 Å². The van der Waals surface area contributed by atoms with Gasteiger partial charge in [0.25, 0.3) is 0 Å². The summed E-state index contributed by atoms with van der Waals surface area (Å²) in [7, 11) is -3.47. The summed E-state index contributed by atoms with van der Waals surface area (Å²) in [5.41, 5.74) is 0. The Morgan fingerprint density at radius 3 is 2.48 bits per heavy atom. The fourth-order valence-electron chi connectivity index (χ4n) is 1.95. The van der Waals surface area contributed by atoms with E-state index >= 15 is 0 Å². The third-order valence-corrected chi connectivity index (χ3v) is 5.42. The number of hydrogen-bond donors (Lipinski definition) is 3. The predicted molar refractivity (Wildman–Crippen MR) is 114 cm³/mol. The first-order chi connectivity index (χ1) is 11.6. The number of thiophene rings is 1. The van der Waals surface area contributed by atoms with E-state index in [4.69, 9.17) is 0 Å². The Morgan fingerprint density at radius 1 is 1.08 bits per heavy atom. The topological polar surface area (TPSA) is 82.6 Å². The van der Waals surface area contributed by atoms with Gasteiger partial charge in [0.05, 0.1) is 11.4 Å². The third-order valence-electron chi connectivity index (χ3n) is 3.08. The lowest BCUT2D eigenvalue weighted by Crippen LogP contribution is -2.41. The first kappa shape index (κ1) is 21.9. The number of benzene rings is 1. The summed E-state index contributed by atoms with van der Waals surface area (Å²) in [4.78, 5) is 5.92. The van der Waals surface area contributed by atoms with Crippen LogP contribution in [0.5, 0.6) is 0 Å². The first-order valence-corrected chi connectivity index (χ1v) is 10.1. The largest absolute Gasteiger partial charge is 0.357 e. The average Bonchev–Trinajstić information content (AvgIpc) is 3.11. The zero-order valence-electron chi connectivity index (χ0n) is 13.9. The predicted octanol–water partition coefficient (Wildman–Crippen LogP) is 2.40. The number of aliphatic imine (C=N–C) groups is 1. The summed E-state index contributed by atoms with van der Waals surface area (Å²) < 4.78 is 26.8. The minimum Gasteiger partial charge on any atom is -0.357 e. The maximum atomic E-state index is 12.1. The molecule has 0 saturated heterocycles. The molecule has 1 heterocycles. The molecule has 0 aliphatic carbocycles. The zero-order valence-corrected chi connectivity index (χ0v) is 17.9. The molecule has 0 radical (unpaired) electrons. The molecule has 138 valence electrons. The van der Waals surface area contributed by atoms with Gasteiger partial charge in [-0.1, -0.05) is 24.3 Å². The Morgan fingerprint density at radius 2 is 1.84 bits per heavy atom. The van der Waals surface area contributed by atoms with Crippen LogP contribution in [0.15, 0.2) is 57.7 Å². The molecule has 6 nitrogen and oxygen atoms in total. The highest BCUT2D eigenvalue weighted by Crippen LogP contribution is 2.09. The van der Waals surface area contributed by atoms with Crippen LogP contribution < -0.4 is 15.4 Å². The molecule has 25 heavy (non-hydrogen) atoms. The quantitative estimate of drug-likeness (QED) is 0.228. The lowest BCUT2D eigenvalue weighted by Gasteiger charge is -2.12. The molecule has 1 aromatic carbocycles. The molecular weight excluding hydrogens is 471 g/mol. The minimum absolute atomic E-state index is 0. The molecule has 0 atom stereocenters. The zero-order chi connectivity index (χ0) is 17.3. The van der Waals surface area contributed by atoms with Crippen molar-refractivity contribution in [2.24, 2.45) is 4.99 Å². The number of nitrogens with zero attached hydrogens (tertiary/aromatic N) is 1. The van der Waals surface area contributed by atoms with Gasteiger partial charge in [-0.25, -0.2) is 18.1 Å². The van der Waals surface area contributed by atoms with Crippen molar-refractivity contribution >= 4 is 51.3 Å². The second-order valence-electron chi connectivity index (χ2n) is 4.91. The highest BCUT2D eigenvalue weighted by Gasteiger charge is 2.11. The van der Waals surface area contributed by atoms with E-state index in [1.54, 1.807) is 41.7 Å². The van der Waals surface area contributed by atoms with Crippen molar-refractivity contribution in [3.8, 4) is 0 Å². The monoisotopic (exact) mass is 494 g/mol. The Balaban J connectivity index is 0.00000312. The lowest BCUT2D eigenvalue weighted by molar-refractivity contribution is 0.580. The van der Waals surface area contributed by atoms with Gasteiger partial charge in [-0.05, 0) is 30.5 Å². The van der Waals surface area contributed by atoms with Crippen LogP contribution in [0.1, 0.15) is 11.8 Å².